The molecule has 2 N–H and O–H groups in total. The average molecular weight is 428 g/mol. The third-order valence-electron chi connectivity index (χ3n) is 3.65. The normalized spacial score (nSPS) is 10.9. The van der Waals surface area contributed by atoms with Crippen molar-refractivity contribution in [3.8, 4) is 17.0 Å². The van der Waals surface area contributed by atoms with Crippen LogP contribution >= 0.6 is 22.6 Å². The van der Waals surface area contributed by atoms with Gasteiger partial charge in [0.1, 0.15) is 17.3 Å². The van der Waals surface area contributed by atoms with Crippen molar-refractivity contribution in [3.63, 3.8) is 0 Å². The van der Waals surface area contributed by atoms with Crippen molar-refractivity contribution in [2.24, 2.45) is 0 Å². The summed E-state index contributed by atoms with van der Waals surface area (Å²) in [5, 5.41) is 13.0. The van der Waals surface area contributed by atoms with E-state index in [9.17, 15) is 5.11 Å². The molecular weight excluding hydrogens is 415 g/mol. The van der Waals surface area contributed by atoms with E-state index >= 15 is 0 Å². The maximum Gasteiger partial charge on any atom is 0.235 e. The lowest BCUT2D eigenvalue weighted by molar-refractivity contribution is 0.475. The zero-order chi connectivity index (χ0) is 16.5. The van der Waals surface area contributed by atoms with Crippen LogP contribution in [0.5, 0.6) is 5.75 Å². The standard InChI is InChI=1S/C18H13IN4O/c19-13-4-6-14(7-5-13)21-17-16(12-2-8-15(24)9-3-12)22-18-20-10-1-11-23(17)18/h1-11,21,24H. The van der Waals surface area contributed by atoms with Gasteiger partial charge >= 0.3 is 0 Å². The molecule has 0 radical (unpaired) electrons. The van der Waals surface area contributed by atoms with E-state index in [2.05, 4.69) is 37.9 Å². The summed E-state index contributed by atoms with van der Waals surface area (Å²) in [6.45, 7) is 0. The highest BCUT2D eigenvalue weighted by Gasteiger charge is 2.15. The first kappa shape index (κ1) is 14.9. The molecule has 0 atom stereocenters. The van der Waals surface area contributed by atoms with Crippen molar-refractivity contribution in [3.05, 3.63) is 70.6 Å². The highest BCUT2D eigenvalue weighted by Crippen LogP contribution is 2.31. The molecule has 6 heteroatoms. The first-order valence-electron chi connectivity index (χ1n) is 7.36. The summed E-state index contributed by atoms with van der Waals surface area (Å²) in [6.07, 6.45) is 3.64. The number of phenolic OH excluding ortho intramolecular Hbond substituents is 1. The van der Waals surface area contributed by atoms with Gasteiger partial charge in [0, 0.05) is 27.2 Å². The summed E-state index contributed by atoms with van der Waals surface area (Å²) >= 11 is 2.28. The second-order valence-corrected chi connectivity index (χ2v) is 6.52. The fourth-order valence-electron chi connectivity index (χ4n) is 2.50. The second-order valence-electron chi connectivity index (χ2n) is 5.28. The summed E-state index contributed by atoms with van der Waals surface area (Å²) in [5.41, 5.74) is 2.67. The molecule has 0 aliphatic carbocycles. The quantitative estimate of drug-likeness (QED) is 0.474. The largest absolute Gasteiger partial charge is 0.508 e. The maximum atomic E-state index is 9.52. The zero-order valence-electron chi connectivity index (χ0n) is 12.5. The van der Waals surface area contributed by atoms with E-state index < -0.39 is 0 Å². The Morgan fingerprint density at radius 1 is 1.00 bits per heavy atom. The summed E-state index contributed by atoms with van der Waals surface area (Å²) in [7, 11) is 0. The number of halogens is 1. The van der Waals surface area contributed by atoms with Gasteiger partial charge in [0.25, 0.3) is 0 Å². The van der Waals surface area contributed by atoms with Crippen molar-refractivity contribution in [2.75, 3.05) is 5.32 Å². The number of imidazole rings is 1. The third-order valence-corrected chi connectivity index (χ3v) is 4.37. The first-order valence-corrected chi connectivity index (χ1v) is 8.44. The number of aromatic nitrogens is 3. The Morgan fingerprint density at radius 2 is 1.75 bits per heavy atom. The number of nitrogens with zero attached hydrogens (tertiary/aromatic N) is 3. The molecule has 4 rings (SSSR count). The number of benzene rings is 2. The molecule has 0 amide bonds. The van der Waals surface area contributed by atoms with Gasteiger partial charge in [-0.3, -0.25) is 4.40 Å². The van der Waals surface area contributed by atoms with E-state index in [1.54, 1.807) is 18.3 Å². The Bertz CT molecular complexity index is 994. The second kappa shape index (κ2) is 6.12. The lowest BCUT2D eigenvalue weighted by Gasteiger charge is -2.09. The summed E-state index contributed by atoms with van der Waals surface area (Å²) in [4.78, 5) is 8.96. The van der Waals surface area contributed by atoms with Crippen LogP contribution in [-0.4, -0.2) is 19.5 Å². The Hall–Kier alpha value is -2.61. The van der Waals surface area contributed by atoms with Crippen LogP contribution in [0.1, 0.15) is 0 Å². The van der Waals surface area contributed by atoms with Crippen LogP contribution in [-0.2, 0) is 0 Å². The molecule has 0 aliphatic heterocycles. The van der Waals surface area contributed by atoms with Crippen molar-refractivity contribution in [1.82, 2.24) is 14.4 Å². The molecule has 0 bridgehead atoms. The Kier molecular flexibility index (Phi) is 3.81. The van der Waals surface area contributed by atoms with Crippen LogP contribution in [0.3, 0.4) is 0 Å². The molecular formula is C18H13IN4O. The molecule has 0 fully saturated rings. The fourth-order valence-corrected chi connectivity index (χ4v) is 2.86. The van der Waals surface area contributed by atoms with Gasteiger partial charge in [-0.05, 0) is 77.2 Å². The predicted molar refractivity (Wildman–Crippen MR) is 103 cm³/mol. The van der Waals surface area contributed by atoms with Gasteiger partial charge in [-0.1, -0.05) is 0 Å². The molecule has 2 heterocycles. The van der Waals surface area contributed by atoms with Gasteiger partial charge in [0.2, 0.25) is 5.78 Å². The van der Waals surface area contributed by atoms with E-state index in [1.165, 1.54) is 3.57 Å². The minimum atomic E-state index is 0.229. The molecule has 2 aromatic heterocycles. The van der Waals surface area contributed by atoms with E-state index in [-0.39, 0.29) is 5.75 Å². The van der Waals surface area contributed by atoms with Crippen LogP contribution in [0, 0.1) is 3.57 Å². The zero-order valence-corrected chi connectivity index (χ0v) is 14.7. The van der Waals surface area contributed by atoms with Crippen molar-refractivity contribution >= 4 is 39.9 Å². The van der Waals surface area contributed by atoms with Crippen LogP contribution in [0.25, 0.3) is 17.0 Å². The number of phenols is 1. The van der Waals surface area contributed by atoms with Gasteiger partial charge in [-0.15, -0.1) is 0 Å². The smallest absolute Gasteiger partial charge is 0.235 e. The molecule has 0 aliphatic rings. The molecule has 0 spiro atoms. The third kappa shape index (κ3) is 2.80. The average Bonchev–Trinajstić information content (AvgIpc) is 2.96. The van der Waals surface area contributed by atoms with Gasteiger partial charge in [0.15, 0.2) is 0 Å². The Balaban J connectivity index is 1.86. The predicted octanol–water partition coefficient (Wildman–Crippen LogP) is 4.45. The van der Waals surface area contributed by atoms with Crippen LogP contribution < -0.4 is 5.32 Å². The van der Waals surface area contributed by atoms with Crippen molar-refractivity contribution in [2.45, 2.75) is 0 Å². The number of hydrogen-bond donors (Lipinski definition) is 2. The fraction of sp³-hybridized carbons (Fsp3) is 0. The maximum absolute atomic E-state index is 9.52. The minimum absolute atomic E-state index is 0.229. The molecule has 0 saturated heterocycles. The van der Waals surface area contributed by atoms with Crippen molar-refractivity contribution in [1.29, 1.82) is 0 Å². The SMILES string of the molecule is Oc1ccc(-c2nc3ncccn3c2Nc2ccc(I)cc2)cc1. The first-order chi connectivity index (χ1) is 11.7. The molecule has 2 aromatic carbocycles. The highest BCUT2D eigenvalue weighted by atomic mass is 127. The molecule has 118 valence electrons. The van der Waals surface area contributed by atoms with E-state index in [4.69, 9.17) is 0 Å². The van der Waals surface area contributed by atoms with Gasteiger partial charge in [0.05, 0.1) is 0 Å². The number of fused-ring (bicyclic) bond motifs is 1. The number of anilines is 2. The van der Waals surface area contributed by atoms with E-state index in [1.807, 2.05) is 53.1 Å². The van der Waals surface area contributed by atoms with Gasteiger partial charge in [-0.25, -0.2) is 9.97 Å². The van der Waals surface area contributed by atoms with Gasteiger partial charge < -0.3 is 10.4 Å². The Morgan fingerprint density at radius 3 is 2.50 bits per heavy atom. The van der Waals surface area contributed by atoms with Crippen molar-refractivity contribution < 1.29 is 5.11 Å². The summed E-state index contributed by atoms with van der Waals surface area (Å²) < 4.78 is 3.09. The summed E-state index contributed by atoms with van der Waals surface area (Å²) in [5.74, 6) is 1.69. The lowest BCUT2D eigenvalue weighted by atomic mass is 10.1. The molecule has 0 saturated carbocycles. The molecule has 24 heavy (non-hydrogen) atoms. The minimum Gasteiger partial charge on any atom is -0.508 e. The monoisotopic (exact) mass is 428 g/mol. The van der Waals surface area contributed by atoms with Gasteiger partial charge in [-0.2, -0.15) is 0 Å². The molecule has 5 nitrogen and oxygen atoms in total. The van der Waals surface area contributed by atoms with Crippen LogP contribution in [0.15, 0.2) is 67.0 Å². The van der Waals surface area contributed by atoms with E-state index in [0.717, 1.165) is 22.8 Å². The topological polar surface area (TPSA) is 62.5 Å². The summed E-state index contributed by atoms with van der Waals surface area (Å²) in [6, 6.07) is 17.0. The number of aromatic hydroxyl groups is 1. The molecule has 0 unspecified atom stereocenters. The van der Waals surface area contributed by atoms with Crippen LogP contribution in [0.2, 0.25) is 0 Å². The number of rotatable bonds is 3. The van der Waals surface area contributed by atoms with E-state index in [0.29, 0.717) is 5.78 Å². The molecule has 4 aromatic rings. The number of hydrogen-bond acceptors (Lipinski definition) is 4. The highest BCUT2D eigenvalue weighted by molar-refractivity contribution is 14.1. The Labute approximate surface area is 152 Å². The lowest BCUT2D eigenvalue weighted by Crippen LogP contribution is -1.97. The van der Waals surface area contributed by atoms with Crippen LogP contribution in [0.4, 0.5) is 11.5 Å². The number of nitrogens with one attached hydrogen (secondary N) is 1.